The van der Waals surface area contributed by atoms with Crippen molar-refractivity contribution in [2.45, 2.75) is 12.7 Å². The van der Waals surface area contributed by atoms with Gasteiger partial charge in [-0.2, -0.15) is 13.2 Å². The number of alkyl halides is 3. The smallest absolute Gasteiger partial charge is 0.422 e. The molecule has 1 aliphatic heterocycles. The van der Waals surface area contributed by atoms with Crippen LogP contribution in [0.3, 0.4) is 0 Å². The molecule has 0 atom stereocenters. The van der Waals surface area contributed by atoms with Crippen LogP contribution in [-0.2, 0) is 11.3 Å². The molecule has 0 saturated heterocycles. The van der Waals surface area contributed by atoms with E-state index in [4.69, 9.17) is 4.74 Å². The molecule has 0 fully saturated rings. The number of carbonyl (C=O) groups excluding carboxylic acids is 1. The predicted octanol–water partition coefficient (Wildman–Crippen LogP) is 3.72. The summed E-state index contributed by atoms with van der Waals surface area (Å²) in [6.45, 7) is -0.900. The monoisotopic (exact) mass is 363 g/mol. The summed E-state index contributed by atoms with van der Waals surface area (Å²) < 4.78 is 46.5. The number of amides is 1. The number of nitrogens with one attached hydrogen (secondary N) is 1. The first-order valence-electron chi connectivity index (χ1n) is 7.90. The highest BCUT2D eigenvalue weighted by Gasteiger charge is 2.28. The van der Waals surface area contributed by atoms with E-state index in [0.717, 1.165) is 16.9 Å². The van der Waals surface area contributed by atoms with E-state index in [9.17, 15) is 18.0 Å². The van der Waals surface area contributed by atoms with E-state index in [1.807, 2.05) is 24.3 Å². The zero-order valence-electron chi connectivity index (χ0n) is 13.7. The van der Waals surface area contributed by atoms with Crippen molar-refractivity contribution in [3.63, 3.8) is 0 Å². The number of hydrogen-bond acceptors (Lipinski definition) is 3. The molecule has 0 aliphatic carbocycles. The summed E-state index contributed by atoms with van der Waals surface area (Å²) >= 11 is 0. The molecule has 2 aromatic rings. The second kappa shape index (κ2) is 7.51. The molecule has 0 saturated carbocycles. The van der Waals surface area contributed by atoms with E-state index in [0.29, 0.717) is 5.57 Å². The fraction of sp³-hybridized carbons (Fsp3) is 0.211. The molecule has 0 aromatic heterocycles. The number of halogens is 3. The van der Waals surface area contributed by atoms with Crippen LogP contribution >= 0.6 is 0 Å². The summed E-state index contributed by atoms with van der Waals surface area (Å²) in [4.78, 5) is 12.3. The molecule has 0 spiro atoms. The zero-order valence-corrected chi connectivity index (χ0v) is 13.7. The van der Waals surface area contributed by atoms with Gasteiger partial charge in [0.05, 0.1) is 5.57 Å². The minimum Gasteiger partial charge on any atom is -0.488 e. The van der Waals surface area contributed by atoms with Crippen molar-refractivity contribution in [2.24, 2.45) is 0 Å². The van der Waals surface area contributed by atoms with Gasteiger partial charge >= 0.3 is 6.18 Å². The van der Waals surface area contributed by atoms with E-state index in [1.165, 1.54) is 12.1 Å². The molecular formula is C19H16F3NO3. The molecule has 0 unspecified atom stereocenters. The molecule has 0 bridgehead atoms. The minimum absolute atomic E-state index is 0.123. The first-order valence-corrected chi connectivity index (χ1v) is 7.90. The largest absolute Gasteiger partial charge is 0.488 e. The van der Waals surface area contributed by atoms with Crippen LogP contribution < -0.4 is 14.8 Å². The Morgan fingerprint density at radius 3 is 2.58 bits per heavy atom. The lowest BCUT2D eigenvalue weighted by Crippen LogP contribution is -2.28. The number of fused-ring (bicyclic) bond motifs is 1. The van der Waals surface area contributed by atoms with E-state index in [-0.39, 0.29) is 24.8 Å². The Morgan fingerprint density at radius 1 is 1.12 bits per heavy atom. The van der Waals surface area contributed by atoms with Crippen molar-refractivity contribution >= 4 is 12.0 Å². The minimum atomic E-state index is -4.37. The number of ether oxygens (including phenoxy) is 2. The third kappa shape index (κ3) is 4.78. The number of para-hydroxylation sites is 1. The fourth-order valence-corrected chi connectivity index (χ4v) is 2.41. The predicted molar refractivity (Wildman–Crippen MR) is 89.8 cm³/mol. The molecule has 1 amide bonds. The summed E-state index contributed by atoms with van der Waals surface area (Å²) in [6.07, 6.45) is -2.59. The summed E-state index contributed by atoms with van der Waals surface area (Å²) in [5, 5.41) is 2.77. The first-order chi connectivity index (χ1) is 12.4. The van der Waals surface area contributed by atoms with Gasteiger partial charge in [-0.1, -0.05) is 30.3 Å². The van der Waals surface area contributed by atoms with Crippen molar-refractivity contribution in [3.8, 4) is 11.5 Å². The zero-order chi connectivity index (χ0) is 18.6. The van der Waals surface area contributed by atoms with Crippen molar-refractivity contribution in [2.75, 3.05) is 13.2 Å². The SMILES string of the molecule is O=C(NCc1ccc(OCC(F)(F)F)cc1)C1=Cc2ccccc2OC1. The van der Waals surface area contributed by atoms with E-state index < -0.39 is 12.8 Å². The van der Waals surface area contributed by atoms with Gasteiger partial charge in [-0.15, -0.1) is 0 Å². The van der Waals surface area contributed by atoms with Crippen molar-refractivity contribution in [1.82, 2.24) is 5.32 Å². The summed E-state index contributed by atoms with van der Waals surface area (Å²) in [5.74, 6) is 0.604. The number of carbonyl (C=O) groups is 1. The molecule has 4 nitrogen and oxygen atoms in total. The number of benzene rings is 2. The maximum absolute atomic E-state index is 12.3. The van der Waals surface area contributed by atoms with Crippen LogP contribution in [0.15, 0.2) is 54.1 Å². The fourth-order valence-electron chi connectivity index (χ4n) is 2.41. The van der Waals surface area contributed by atoms with Gasteiger partial charge in [-0.25, -0.2) is 0 Å². The van der Waals surface area contributed by atoms with Gasteiger partial charge in [0.15, 0.2) is 6.61 Å². The first kappa shape index (κ1) is 17.8. The van der Waals surface area contributed by atoms with Crippen LogP contribution in [0.2, 0.25) is 0 Å². The maximum Gasteiger partial charge on any atom is 0.422 e. The van der Waals surface area contributed by atoms with Gasteiger partial charge in [0.2, 0.25) is 0 Å². The second-order valence-corrected chi connectivity index (χ2v) is 5.73. The van der Waals surface area contributed by atoms with Crippen molar-refractivity contribution < 1.29 is 27.4 Å². The molecule has 3 rings (SSSR count). The van der Waals surface area contributed by atoms with E-state index >= 15 is 0 Å². The van der Waals surface area contributed by atoms with Crippen LogP contribution in [0.4, 0.5) is 13.2 Å². The van der Waals surface area contributed by atoms with Crippen LogP contribution in [0.1, 0.15) is 11.1 Å². The van der Waals surface area contributed by atoms with Crippen molar-refractivity contribution in [1.29, 1.82) is 0 Å². The Labute approximate surface area is 148 Å². The quantitative estimate of drug-likeness (QED) is 0.881. The van der Waals surface area contributed by atoms with Crippen LogP contribution in [-0.4, -0.2) is 25.3 Å². The highest BCUT2D eigenvalue weighted by atomic mass is 19.4. The maximum atomic E-state index is 12.3. The molecular weight excluding hydrogens is 347 g/mol. The van der Waals surface area contributed by atoms with Crippen molar-refractivity contribution in [3.05, 3.63) is 65.2 Å². The number of hydrogen-bond donors (Lipinski definition) is 1. The van der Waals surface area contributed by atoms with Gasteiger partial charge in [0.25, 0.3) is 5.91 Å². The van der Waals surface area contributed by atoms with Gasteiger partial charge in [-0.05, 0) is 29.8 Å². The average molecular weight is 363 g/mol. The lowest BCUT2D eigenvalue weighted by molar-refractivity contribution is -0.153. The highest BCUT2D eigenvalue weighted by molar-refractivity contribution is 5.99. The second-order valence-electron chi connectivity index (χ2n) is 5.73. The van der Waals surface area contributed by atoms with Crippen LogP contribution in [0.5, 0.6) is 11.5 Å². The Hall–Kier alpha value is -2.96. The Morgan fingerprint density at radius 2 is 1.85 bits per heavy atom. The molecule has 7 heteroatoms. The Bertz CT molecular complexity index is 814. The summed E-state index contributed by atoms with van der Waals surface area (Å²) in [5.41, 5.74) is 2.10. The van der Waals surface area contributed by atoms with E-state index in [2.05, 4.69) is 10.1 Å². The Kier molecular flexibility index (Phi) is 5.16. The molecule has 0 radical (unpaired) electrons. The number of rotatable bonds is 5. The van der Waals surface area contributed by atoms with Gasteiger partial charge in [0.1, 0.15) is 18.1 Å². The lowest BCUT2D eigenvalue weighted by Gasteiger charge is -2.17. The molecule has 1 N–H and O–H groups in total. The normalized spacial score (nSPS) is 13.3. The molecule has 136 valence electrons. The third-order valence-corrected chi connectivity index (χ3v) is 3.70. The van der Waals surface area contributed by atoms with Gasteiger partial charge in [-0.3, -0.25) is 4.79 Å². The van der Waals surface area contributed by atoms with Gasteiger partial charge in [0, 0.05) is 12.1 Å². The van der Waals surface area contributed by atoms with Crippen LogP contribution in [0, 0.1) is 0 Å². The topological polar surface area (TPSA) is 47.6 Å². The summed E-state index contributed by atoms with van der Waals surface area (Å²) in [7, 11) is 0. The van der Waals surface area contributed by atoms with Crippen LogP contribution in [0.25, 0.3) is 6.08 Å². The Balaban J connectivity index is 1.54. The summed E-state index contributed by atoms with van der Waals surface area (Å²) in [6, 6.07) is 13.5. The van der Waals surface area contributed by atoms with Gasteiger partial charge < -0.3 is 14.8 Å². The molecule has 2 aromatic carbocycles. The molecule has 1 aliphatic rings. The molecule has 1 heterocycles. The third-order valence-electron chi connectivity index (χ3n) is 3.70. The standard InChI is InChI=1S/C19H16F3NO3/c20-19(21,22)12-26-16-7-5-13(6-8-16)10-23-18(24)15-9-14-3-1-2-4-17(14)25-11-15/h1-9H,10-12H2,(H,23,24). The average Bonchev–Trinajstić information content (AvgIpc) is 2.64. The van der Waals surface area contributed by atoms with E-state index in [1.54, 1.807) is 18.2 Å². The molecule has 26 heavy (non-hydrogen) atoms. The highest BCUT2D eigenvalue weighted by Crippen LogP contribution is 2.25. The lowest BCUT2D eigenvalue weighted by atomic mass is 10.1.